The molecule has 1 aliphatic rings. The first kappa shape index (κ1) is 22.7. The van der Waals surface area contributed by atoms with Crippen LogP contribution in [0.4, 0.5) is 11.4 Å². The molecule has 1 aliphatic heterocycles. The Kier molecular flexibility index (Phi) is 6.59. The first-order valence-electron chi connectivity index (χ1n) is 11.8. The number of carbonyl (C=O) groups is 1. The van der Waals surface area contributed by atoms with Gasteiger partial charge in [-0.15, -0.1) is 0 Å². The van der Waals surface area contributed by atoms with Crippen LogP contribution >= 0.6 is 0 Å². The minimum absolute atomic E-state index is 0.0249. The number of benzene rings is 3. The van der Waals surface area contributed by atoms with Crippen LogP contribution in [0, 0.1) is 0 Å². The van der Waals surface area contributed by atoms with Crippen LogP contribution in [0.3, 0.4) is 0 Å². The second kappa shape index (κ2) is 9.57. The summed E-state index contributed by atoms with van der Waals surface area (Å²) in [5, 5.41) is 9.33. The van der Waals surface area contributed by atoms with Crippen molar-refractivity contribution in [2.45, 2.75) is 33.6 Å². The van der Waals surface area contributed by atoms with E-state index in [1.807, 2.05) is 12.1 Å². The van der Waals surface area contributed by atoms with Gasteiger partial charge in [-0.3, -0.25) is 0 Å². The summed E-state index contributed by atoms with van der Waals surface area (Å²) in [6.07, 6.45) is 0. The van der Waals surface area contributed by atoms with Crippen molar-refractivity contribution in [2.75, 3.05) is 36.0 Å². The molecule has 0 saturated carbocycles. The predicted octanol–water partition coefficient (Wildman–Crippen LogP) is 6.36. The number of aromatic carboxylic acids is 1. The molecule has 0 saturated heterocycles. The topological polar surface area (TPSA) is 53.0 Å². The summed E-state index contributed by atoms with van der Waals surface area (Å²) in [5.41, 5.74) is 5.82. The fourth-order valence-corrected chi connectivity index (χ4v) is 4.73. The zero-order valence-corrected chi connectivity index (χ0v) is 19.8. The molecule has 172 valence electrons. The van der Waals surface area contributed by atoms with E-state index < -0.39 is 5.97 Å². The molecule has 0 unspecified atom stereocenters. The number of ether oxygens (including phenoxy) is 1. The van der Waals surface area contributed by atoms with Crippen LogP contribution in [0.5, 0.6) is 11.5 Å². The monoisotopic (exact) mass is 444 g/mol. The van der Waals surface area contributed by atoms with E-state index in [2.05, 4.69) is 73.9 Å². The minimum atomic E-state index is -0.915. The van der Waals surface area contributed by atoms with Crippen molar-refractivity contribution >= 4 is 17.3 Å². The first-order chi connectivity index (χ1) is 16.0. The number of fused-ring (bicyclic) bond motifs is 2. The first-order valence-corrected chi connectivity index (χ1v) is 11.8. The summed E-state index contributed by atoms with van der Waals surface area (Å²) < 4.78 is 6.50. The van der Waals surface area contributed by atoms with Gasteiger partial charge in [0.1, 0.15) is 11.5 Å². The van der Waals surface area contributed by atoms with E-state index in [9.17, 15) is 9.90 Å². The van der Waals surface area contributed by atoms with Crippen molar-refractivity contribution < 1.29 is 14.6 Å². The van der Waals surface area contributed by atoms with E-state index in [1.54, 1.807) is 12.1 Å². The van der Waals surface area contributed by atoms with E-state index in [1.165, 1.54) is 0 Å². The smallest absolute Gasteiger partial charge is 0.335 e. The standard InChI is InChI=1S/C28H32N2O3/c1-5-29(6-2)21-13-15-23-25(17-21)33-26-18-22(30(7-3)8-4)14-16-24(26)27(23)19-9-11-20(12-10-19)28(31)32/h9-18,27H,5-8H2,1-4H3,(H,31,32). The van der Waals surface area contributed by atoms with E-state index in [4.69, 9.17) is 4.74 Å². The third-order valence-corrected chi connectivity index (χ3v) is 6.58. The molecule has 0 radical (unpaired) electrons. The second-order valence-corrected chi connectivity index (χ2v) is 8.25. The highest BCUT2D eigenvalue weighted by atomic mass is 16.5. The molecule has 0 aliphatic carbocycles. The second-order valence-electron chi connectivity index (χ2n) is 8.25. The summed E-state index contributed by atoms with van der Waals surface area (Å²) in [5.74, 6) is 0.775. The zero-order valence-electron chi connectivity index (χ0n) is 19.8. The third-order valence-electron chi connectivity index (χ3n) is 6.58. The lowest BCUT2D eigenvalue weighted by molar-refractivity contribution is 0.0697. The molecule has 5 nitrogen and oxygen atoms in total. The van der Waals surface area contributed by atoms with Gasteiger partial charge < -0.3 is 19.6 Å². The van der Waals surface area contributed by atoms with Gasteiger partial charge in [-0.25, -0.2) is 4.79 Å². The average molecular weight is 445 g/mol. The van der Waals surface area contributed by atoms with Crippen LogP contribution in [-0.2, 0) is 0 Å². The van der Waals surface area contributed by atoms with E-state index in [0.717, 1.165) is 65.7 Å². The largest absolute Gasteiger partial charge is 0.478 e. The molecule has 0 spiro atoms. The molecule has 3 aromatic rings. The number of nitrogens with zero attached hydrogens (tertiary/aromatic N) is 2. The fourth-order valence-electron chi connectivity index (χ4n) is 4.73. The van der Waals surface area contributed by atoms with Gasteiger partial charge in [0.2, 0.25) is 0 Å². The molecule has 0 bridgehead atoms. The highest BCUT2D eigenvalue weighted by Gasteiger charge is 2.30. The molecule has 5 heteroatoms. The van der Waals surface area contributed by atoms with Crippen molar-refractivity contribution in [1.82, 2.24) is 0 Å². The maximum atomic E-state index is 11.4. The van der Waals surface area contributed by atoms with Gasteiger partial charge in [-0.05, 0) is 57.5 Å². The lowest BCUT2D eigenvalue weighted by Crippen LogP contribution is -2.23. The normalized spacial score (nSPS) is 12.5. The van der Waals surface area contributed by atoms with Gasteiger partial charge in [0.05, 0.1) is 5.56 Å². The van der Waals surface area contributed by atoms with Crippen molar-refractivity contribution in [3.63, 3.8) is 0 Å². The summed E-state index contributed by atoms with van der Waals surface area (Å²) in [6.45, 7) is 12.3. The Morgan fingerprint density at radius 1 is 0.758 bits per heavy atom. The number of anilines is 2. The zero-order chi connectivity index (χ0) is 23.5. The van der Waals surface area contributed by atoms with Crippen molar-refractivity contribution in [3.8, 4) is 11.5 Å². The number of carboxylic acids is 1. The lowest BCUT2D eigenvalue weighted by atomic mass is 9.82. The van der Waals surface area contributed by atoms with Crippen molar-refractivity contribution in [2.24, 2.45) is 0 Å². The quantitative estimate of drug-likeness (QED) is 0.343. The van der Waals surface area contributed by atoms with Gasteiger partial charge in [-0.1, -0.05) is 24.3 Å². The molecule has 1 heterocycles. The van der Waals surface area contributed by atoms with Crippen molar-refractivity contribution in [3.05, 3.63) is 82.9 Å². The summed E-state index contributed by atoms with van der Waals surface area (Å²) in [7, 11) is 0. The SMILES string of the molecule is CCN(CC)c1ccc2c(c1)Oc1cc(N(CC)CC)ccc1C2c1ccc(C(=O)O)cc1. The highest BCUT2D eigenvalue weighted by molar-refractivity contribution is 5.87. The van der Waals surface area contributed by atoms with Gasteiger partial charge in [0.25, 0.3) is 0 Å². The molecule has 33 heavy (non-hydrogen) atoms. The Bertz CT molecular complexity index is 1070. The van der Waals surface area contributed by atoms with Gasteiger partial charge >= 0.3 is 5.97 Å². The van der Waals surface area contributed by atoms with E-state index >= 15 is 0 Å². The minimum Gasteiger partial charge on any atom is -0.478 e. The van der Waals surface area contributed by atoms with Gasteiger partial charge in [0, 0.05) is 66.7 Å². The Balaban J connectivity index is 1.85. The molecule has 0 amide bonds. The van der Waals surface area contributed by atoms with Crippen LogP contribution < -0.4 is 14.5 Å². The average Bonchev–Trinajstić information content (AvgIpc) is 2.84. The van der Waals surface area contributed by atoms with Gasteiger partial charge in [-0.2, -0.15) is 0 Å². The van der Waals surface area contributed by atoms with Crippen LogP contribution in [-0.4, -0.2) is 37.3 Å². The molecule has 0 atom stereocenters. The summed E-state index contributed by atoms with van der Waals surface area (Å²) in [4.78, 5) is 16.0. The molecular formula is C28H32N2O3. The maximum Gasteiger partial charge on any atom is 0.335 e. The van der Waals surface area contributed by atoms with E-state index in [-0.39, 0.29) is 5.92 Å². The predicted molar refractivity (Wildman–Crippen MR) is 134 cm³/mol. The Hall–Kier alpha value is -3.47. The Morgan fingerprint density at radius 2 is 1.21 bits per heavy atom. The number of rotatable bonds is 8. The number of hydrogen-bond acceptors (Lipinski definition) is 4. The third kappa shape index (κ3) is 4.28. The fraction of sp³-hybridized carbons (Fsp3) is 0.321. The van der Waals surface area contributed by atoms with E-state index in [0.29, 0.717) is 5.56 Å². The lowest BCUT2D eigenvalue weighted by Gasteiger charge is -2.32. The molecule has 0 aromatic heterocycles. The molecule has 1 N–H and O–H groups in total. The molecule has 4 rings (SSSR count). The Morgan fingerprint density at radius 3 is 1.61 bits per heavy atom. The summed E-state index contributed by atoms with van der Waals surface area (Å²) >= 11 is 0. The Labute approximate surface area is 196 Å². The molecule has 3 aromatic carbocycles. The molecular weight excluding hydrogens is 412 g/mol. The molecule has 0 fully saturated rings. The summed E-state index contributed by atoms with van der Waals surface area (Å²) in [6, 6.07) is 20.1. The number of hydrogen-bond donors (Lipinski definition) is 1. The van der Waals surface area contributed by atoms with Crippen LogP contribution in [0.25, 0.3) is 0 Å². The van der Waals surface area contributed by atoms with Crippen LogP contribution in [0.15, 0.2) is 60.7 Å². The van der Waals surface area contributed by atoms with Gasteiger partial charge in [0.15, 0.2) is 0 Å². The maximum absolute atomic E-state index is 11.4. The number of carboxylic acid groups (broad SMARTS) is 1. The highest BCUT2D eigenvalue weighted by Crippen LogP contribution is 2.49. The van der Waals surface area contributed by atoms with Crippen LogP contribution in [0.2, 0.25) is 0 Å². The van der Waals surface area contributed by atoms with Crippen LogP contribution in [0.1, 0.15) is 60.7 Å². The van der Waals surface area contributed by atoms with Crippen molar-refractivity contribution in [1.29, 1.82) is 0 Å².